The van der Waals surface area contributed by atoms with Crippen molar-refractivity contribution in [1.82, 2.24) is 0 Å². The number of phenolic OH excluding ortho intramolecular Hbond substituents is 2. The Balaban J connectivity index is 1.40. The van der Waals surface area contributed by atoms with E-state index in [0.29, 0.717) is 5.56 Å². The first-order valence-electron chi connectivity index (χ1n) is 12.3. The van der Waals surface area contributed by atoms with Crippen LogP contribution in [0.3, 0.4) is 0 Å². The normalized spacial score (nSPS) is 33.8. The number of aryl methyl sites for hydroxylation is 1. The number of fused-ring (bicyclic) bond motifs is 2. The summed E-state index contributed by atoms with van der Waals surface area (Å²) < 4.78 is 21.8. The molecule has 2 fully saturated rings. The largest absolute Gasteiger partial charge is 0.508 e. The smallest absolute Gasteiger partial charge is 0.229 e. The van der Waals surface area contributed by atoms with Crippen LogP contribution in [0.1, 0.15) is 37.4 Å². The predicted molar refractivity (Wildman–Crippen MR) is 129 cm³/mol. The number of aromatic hydroxyl groups is 2. The molecule has 8 N–H and O–H groups in total. The maximum Gasteiger partial charge on any atom is 0.229 e. The molecule has 0 saturated carbocycles. The highest BCUT2D eigenvalue weighted by Crippen LogP contribution is 2.41. The minimum absolute atomic E-state index is 0.0772. The van der Waals surface area contributed by atoms with Crippen LogP contribution in [-0.2, 0) is 14.2 Å². The van der Waals surface area contributed by atoms with E-state index in [1.54, 1.807) is 6.92 Å². The Bertz CT molecular complexity index is 1330. The van der Waals surface area contributed by atoms with Crippen molar-refractivity contribution in [2.24, 2.45) is 0 Å². The maximum absolute atomic E-state index is 13.5. The lowest BCUT2D eigenvalue weighted by atomic mass is 9.82. The maximum atomic E-state index is 13.5. The summed E-state index contributed by atoms with van der Waals surface area (Å²) in [6, 6.07) is 4.88. The molecule has 0 radical (unpaired) electrons. The van der Waals surface area contributed by atoms with Crippen molar-refractivity contribution in [2.45, 2.75) is 62.2 Å². The lowest BCUT2D eigenvalue weighted by molar-refractivity contribution is -0.307. The third kappa shape index (κ3) is 4.72. The molecule has 14 nitrogen and oxygen atoms in total. The zero-order valence-corrected chi connectivity index (χ0v) is 20.9. The van der Waals surface area contributed by atoms with Gasteiger partial charge in [-0.15, -0.1) is 0 Å². The SMILES string of the molecule is Cc1ccc2c(c1O)C(=O)c1c(O[C@@H]3O[C@H](CO[C@H]4OC[C@H](O)[C@@H](O)[C@@H]4O)[C@@H](O)[C@H](O)[C@H]3O)cc(O)cc1C2=O. The van der Waals surface area contributed by atoms with E-state index in [9.17, 15) is 50.4 Å². The van der Waals surface area contributed by atoms with E-state index in [1.807, 2.05) is 0 Å². The van der Waals surface area contributed by atoms with Crippen LogP contribution in [0, 0.1) is 6.92 Å². The molecule has 9 atom stereocenters. The molecular weight excluding hydrogens is 536 g/mol. The van der Waals surface area contributed by atoms with E-state index in [0.717, 1.165) is 12.1 Å². The standard InChI is InChI=1S/C26H28O14/c1-8-2-3-10-16(17(8)29)21(33)15-11(18(10)30)4-9(27)5-13(15)39-26-24(36)22(34)20(32)14(40-26)7-38-25-23(35)19(31)12(28)6-37-25/h2-5,12,14,19-20,22-29,31-32,34-36H,6-7H2,1H3/t12-,14+,19+,20+,22-,23-,24+,25+,26+/m0/s1. The van der Waals surface area contributed by atoms with Crippen LogP contribution in [0.25, 0.3) is 0 Å². The Hall–Kier alpha value is -3.18. The molecule has 0 spiro atoms. The fourth-order valence-corrected chi connectivity index (χ4v) is 4.88. The van der Waals surface area contributed by atoms with Gasteiger partial charge in [-0.05, 0) is 24.6 Å². The summed E-state index contributed by atoms with van der Waals surface area (Å²) in [5.41, 5.74) is -0.563. The summed E-state index contributed by atoms with van der Waals surface area (Å²) in [5.74, 6) is -2.75. The van der Waals surface area contributed by atoms with Crippen LogP contribution in [0.15, 0.2) is 24.3 Å². The number of hydrogen-bond acceptors (Lipinski definition) is 14. The van der Waals surface area contributed by atoms with Crippen LogP contribution in [0.5, 0.6) is 17.2 Å². The van der Waals surface area contributed by atoms with Crippen molar-refractivity contribution >= 4 is 11.6 Å². The molecule has 0 aromatic heterocycles. The van der Waals surface area contributed by atoms with Gasteiger partial charge in [-0.25, -0.2) is 0 Å². The zero-order chi connectivity index (χ0) is 29.0. The topological polar surface area (TPSA) is 233 Å². The van der Waals surface area contributed by atoms with Gasteiger partial charge in [0.15, 0.2) is 12.1 Å². The number of phenols is 2. The van der Waals surface area contributed by atoms with Gasteiger partial charge in [0.05, 0.1) is 24.3 Å². The van der Waals surface area contributed by atoms with Gasteiger partial charge in [0.1, 0.15) is 60.0 Å². The summed E-state index contributed by atoms with van der Waals surface area (Å²) in [5, 5.41) is 81.7. The molecule has 0 amide bonds. The van der Waals surface area contributed by atoms with Crippen molar-refractivity contribution in [3.05, 3.63) is 52.1 Å². The number of carbonyl (C=O) groups excluding carboxylic acids is 2. The molecule has 14 heteroatoms. The molecule has 40 heavy (non-hydrogen) atoms. The Morgan fingerprint density at radius 2 is 1.52 bits per heavy atom. The molecule has 3 aliphatic rings. The number of carbonyl (C=O) groups is 2. The average Bonchev–Trinajstić information content (AvgIpc) is 2.92. The number of rotatable bonds is 5. The monoisotopic (exact) mass is 564 g/mol. The molecule has 2 aliphatic heterocycles. The van der Waals surface area contributed by atoms with Gasteiger partial charge in [-0.3, -0.25) is 9.59 Å². The van der Waals surface area contributed by atoms with Gasteiger partial charge in [0, 0.05) is 17.2 Å². The Kier molecular flexibility index (Phi) is 7.56. The van der Waals surface area contributed by atoms with E-state index in [2.05, 4.69) is 0 Å². The second-order valence-electron chi connectivity index (χ2n) is 9.89. The number of aliphatic hydroxyl groups excluding tert-OH is 6. The summed E-state index contributed by atoms with van der Waals surface area (Å²) in [4.78, 5) is 26.6. The molecule has 0 bridgehead atoms. The summed E-state index contributed by atoms with van der Waals surface area (Å²) in [6.07, 6.45) is -14.6. The summed E-state index contributed by atoms with van der Waals surface area (Å²) in [6.45, 7) is 0.640. The Labute approximate surface area is 226 Å². The number of benzene rings is 2. The van der Waals surface area contributed by atoms with Crippen LogP contribution >= 0.6 is 0 Å². The highest BCUT2D eigenvalue weighted by atomic mass is 16.7. The minimum atomic E-state index is -1.88. The first-order valence-corrected chi connectivity index (χ1v) is 12.3. The number of ketones is 2. The lowest BCUT2D eigenvalue weighted by Gasteiger charge is -2.41. The fourth-order valence-electron chi connectivity index (χ4n) is 4.88. The molecule has 1 aliphatic carbocycles. The van der Waals surface area contributed by atoms with Crippen molar-refractivity contribution in [2.75, 3.05) is 13.2 Å². The van der Waals surface area contributed by atoms with Gasteiger partial charge in [0.25, 0.3) is 0 Å². The van der Waals surface area contributed by atoms with E-state index < -0.39 is 90.7 Å². The van der Waals surface area contributed by atoms with Crippen LogP contribution < -0.4 is 4.74 Å². The highest BCUT2D eigenvalue weighted by molar-refractivity contribution is 6.30. The minimum Gasteiger partial charge on any atom is -0.508 e. The lowest BCUT2D eigenvalue weighted by Crippen LogP contribution is -2.61. The molecule has 5 rings (SSSR count). The molecule has 216 valence electrons. The number of aliphatic hydroxyl groups is 6. The van der Waals surface area contributed by atoms with E-state index in [4.69, 9.17) is 18.9 Å². The van der Waals surface area contributed by atoms with E-state index >= 15 is 0 Å². The average molecular weight is 564 g/mol. The second kappa shape index (κ2) is 10.7. The Morgan fingerprint density at radius 3 is 2.25 bits per heavy atom. The van der Waals surface area contributed by atoms with Crippen molar-refractivity contribution in [3.8, 4) is 17.2 Å². The third-order valence-electron chi connectivity index (χ3n) is 7.20. The summed E-state index contributed by atoms with van der Waals surface area (Å²) >= 11 is 0. The predicted octanol–water partition coefficient (Wildman–Crippen LogP) is -2.18. The quantitative estimate of drug-likeness (QED) is 0.165. The molecule has 0 unspecified atom stereocenters. The first kappa shape index (κ1) is 28.4. The first-order chi connectivity index (χ1) is 18.9. The molecule has 2 heterocycles. The zero-order valence-electron chi connectivity index (χ0n) is 20.9. The van der Waals surface area contributed by atoms with E-state index in [1.165, 1.54) is 12.1 Å². The number of hydrogen-bond donors (Lipinski definition) is 8. The van der Waals surface area contributed by atoms with Crippen LogP contribution in [0.4, 0.5) is 0 Å². The van der Waals surface area contributed by atoms with Gasteiger partial charge in [-0.2, -0.15) is 0 Å². The van der Waals surface area contributed by atoms with Crippen LogP contribution in [-0.4, -0.2) is 121 Å². The molecule has 2 aromatic rings. The summed E-state index contributed by atoms with van der Waals surface area (Å²) in [7, 11) is 0. The van der Waals surface area contributed by atoms with Crippen molar-refractivity contribution < 1.29 is 69.4 Å². The van der Waals surface area contributed by atoms with Crippen LogP contribution in [0.2, 0.25) is 0 Å². The van der Waals surface area contributed by atoms with Crippen molar-refractivity contribution in [1.29, 1.82) is 0 Å². The fraction of sp³-hybridized carbons (Fsp3) is 0.462. The third-order valence-corrected chi connectivity index (χ3v) is 7.20. The second-order valence-corrected chi connectivity index (χ2v) is 9.89. The van der Waals surface area contributed by atoms with Crippen molar-refractivity contribution in [3.63, 3.8) is 0 Å². The van der Waals surface area contributed by atoms with Gasteiger partial charge >= 0.3 is 0 Å². The highest BCUT2D eigenvalue weighted by Gasteiger charge is 2.47. The van der Waals surface area contributed by atoms with Gasteiger partial charge in [-0.1, -0.05) is 6.07 Å². The molecular formula is C26H28O14. The number of ether oxygens (including phenoxy) is 4. The molecule has 2 saturated heterocycles. The Morgan fingerprint density at radius 1 is 0.825 bits per heavy atom. The van der Waals surface area contributed by atoms with E-state index in [-0.39, 0.29) is 28.9 Å². The van der Waals surface area contributed by atoms with Gasteiger partial charge < -0.3 is 59.8 Å². The molecule has 2 aromatic carbocycles. The van der Waals surface area contributed by atoms with Gasteiger partial charge in [0.2, 0.25) is 12.1 Å².